The molecule has 0 aromatic carbocycles. The van der Waals surface area contributed by atoms with Crippen molar-refractivity contribution in [2.75, 3.05) is 11.5 Å². The van der Waals surface area contributed by atoms with Crippen molar-refractivity contribution < 1.29 is 13.2 Å². The number of aryl methyl sites for hydroxylation is 1. The summed E-state index contributed by atoms with van der Waals surface area (Å²) in [4.78, 5) is 16.7. The molecule has 0 aliphatic carbocycles. The molecule has 0 spiro atoms. The highest BCUT2D eigenvalue weighted by atomic mass is 32.2. The van der Waals surface area contributed by atoms with Crippen LogP contribution in [0.5, 0.6) is 0 Å². The maximum absolute atomic E-state index is 12.4. The second-order valence-electron chi connectivity index (χ2n) is 6.10. The van der Waals surface area contributed by atoms with Crippen molar-refractivity contribution >= 4 is 15.7 Å². The van der Waals surface area contributed by atoms with E-state index in [-0.39, 0.29) is 23.5 Å². The van der Waals surface area contributed by atoms with Crippen LogP contribution in [0.3, 0.4) is 0 Å². The van der Waals surface area contributed by atoms with E-state index in [2.05, 4.69) is 15.4 Å². The third-order valence-corrected chi connectivity index (χ3v) is 5.97. The molecule has 1 amide bonds. The summed E-state index contributed by atoms with van der Waals surface area (Å²) in [6.07, 6.45) is 2.04. The Labute approximate surface area is 141 Å². The van der Waals surface area contributed by atoms with Gasteiger partial charge in [0.05, 0.1) is 41.5 Å². The molecular formula is C16H20N4O3S. The summed E-state index contributed by atoms with van der Waals surface area (Å²) in [7, 11) is -2.99. The Morgan fingerprint density at radius 2 is 2.17 bits per heavy atom. The molecule has 0 radical (unpaired) electrons. The smallest absolute Gasteiger partial charge is 0.255 e. The Balaban J connectivity index is 1.70. The molecule has 3 heterocycles. The van der Waals surface area contributed by atoms with Crippen LogP contribution in [0.4, 0.5) is 0 Å². The van der Waals surface area contributed by atoms with Crippen LogP contribution in [-0.4, -0.2) is 40.6 Å². The predicted octanol–water partition coefficient (Wildman–Crippen LogP) is 1.18. The van der Waals surface area contributed by atoms with Crippen molar-refractivity contribution in [1.29, 1.82) is 0 Å². The molecule has 2 aromatic heterocycles. The van der Waals surface area contributed by atoms with Gasteiger partial charge in [0.25, 0.3) is 5.91 Å². The minimum absolute atomic E-state index is 0.0871. The fraction of sp³-hybridized carbons (Fsp3) is 0.438. The van der Waals surface area contributed by atoms with Crippen LogP contribution in [0.2, 0.25) is 0 Å². The number of amides is 1. The number of nitrogens with zero attached hydrogens (tertiary/aromatic N) is 3. The largest absolute Gasteiger partial charge is 0.346 e. The van der Waals surface area contributed by atoms with Crippen molar-refractivity contribution in [3.05, 3.63) is 47.0 Å². The van der Waals surface area contributed by atoms with Crippen LogP contribution in [-0.2, 0) is 16.4 Å². The van der Waals surface area contributed by atoms with Gasteiger partial charge in [-0.05, 0) is 32.4 Å². The normalized spacial score (nSPS) is 19.3. The van der Waals surface area contributed by atoms with E-state index >= 15 is 0 Å². The van der Waals surface area contributed by atoms with Gasteiger partial charge >= 0.3 is 0 Å². The highest BCUT2D eigenvalue weighted by Gasteiger charge is 2.31. The minimum Gasteiger partial charge on any atom is -0.346 e. The van der Waals surface area contributed by atoms with E-state index < -0.39 is 9.84 Å². The Morgan fingerprint density at radius 3 is 2.83 bits per heavy atom. The van der Waals surface area contributed by atoms with E-state index in [0.717, 1.165) is 11.4 Å². The molecule has 1 saturated heterocycles. The van der Waals surface area contributed by atoms with Crippen molar-refractivity contribution in [2.24, 2.45) is 0 Å². The lowest BCUT2D eigenvalue weighted by Crippen LogP contribution is -2.24. The first-order valence-electron chi connectivity index (χ1n) is 7.81. The Bertz CT molecular complexity index is 873. The molecule has 1 atom stereocenters. The molecule has 1 N–H and O–H groups in total. The Morgan fingerprint density at radius 1 is 1.38 bits per heavy atom. The topological polar surface area (TPSA) is 94.0 Å². The number of hydrogen-bond acceptors (Lipinski definition) is 5. The highest BCUT2D eigenvalue weighted by molar-refractivity contribution is 7.91. The third-order valence-electron chi connectivity index (χ3n) is 4.22. The van der Waals surface area contributed by atoms with Gasteiger partial charge in [-0.1, -0.05) is 6.07 Å². The van der Waals surface area contributed by atoms with Gasteiger partial charge in [0.1, 0.15) is 0 Å². The van der Waals surface area contributed by atoms with E-state index in [9.17, 15) is 13.2 Å². The van der Waals surface area contributed by atoms with Crippen LogP contribution >= 0.6 is 0 Å². The molecule has 128 valence electrons. The van der Waals surface area contributed by atoms with E-state index in [4.69, 9.17) is 0 Å². The molecule has 0 saturated carbocycles. The van der Waals surface area contributed by atoms with Gasteiger partial charge in [-0.25, -0.2) is 8.42 Å². The minimum atomic E-state index is -2.99. The van der Waals surface area contributed by atoms with Gasteiger partial charge in [-0.15, -0.1) is 0 Å². The predicted molar refractivity (Wildman–Crippen MR) is 89.4 cm³/mol. The first-order chi connectivity index (χ1) is 11.4. The van der Waals surface area contributed by atoms with Crippen LogP contribution in [0.15, 0.2) is 24.4 Å². The first-order valence-corrected chi connectivity index (χ1v) is 9.63. The Kier molecular flexibility index (Phi) is 4.40. The van der Waals surface area contributed by atoms with E-state index in [0.29, 0.717) is 24.2 Å². The number of pyridine rings is 1. The summed E-state index contributed by atoms with van der Waals surface area (Å²) >= 11 is 0. The lowest BCUT2D eigenvalue weighted by Gasteiger charge is -2.11. The lowest BCUT2D eigenvalue weighted by molar-refractivity contribution is 0.0949. The molecule has 1 fully saturated rings. The fourth-order valence-corrected chi connectivity index (χ4v) is 4.64. The molecule has 2 aromatic rings. The molecule has 7 nitrogen and oxygen atoms in total. The van der Waals surface area contributed by atoms with Crippen LogP contribution in [0.25, 0.3) is 0 Å². The van der Waals surface area contributed by atoms with Crippen molar-refractivity contribution in [3.63, 3.8) is 0 Å². The maximum Gasteiger partial charge on any atom is 0.255 e. The number of carbonyl (C=O) groups excluding carboxylic acids is 1. The molecule has 8 heteroatoms. The fourth-order valence-electron chi connectivity index (χ4n) is 2.95. The third kappa shape index (κ3) is 3.48. The van der Waals surface area contributed by atoms with Crippen LogP contribution in [0, 0.1) is 13.8 Å². The standard InChI is InChI=1S/C16H20N4O3S/c1-11-4-3-5-13(19-11)8-17-16(21)15-9-18-20(12(15)2)14-6-7-24(22,23)10-14/h3-5,9,14H,6-8,10H2,1-2H3,(H,17,21)/t14-/m1/s1. The van der Waals surface area contributed by atoms with Gasteiger partial charge in [0.2, 0.25) is 0 Å². The summed E-state index contributed by atoms with van der Waals surface area (Å²) in [5, 5.41) is 7.06. The number of sulfone groups is 1. The van der Waals surface area contributed by atoms with Gasteiger partial charge in [0, 0.05) is 11.4 Å². The number of rotatable bonds is 4. The molecule has 24 heavy (non-hydrogen) atoms. The number of hydrogen-bond donors (Lipinski definition) is 1. The van der Waals surface area contributed by atoms with Crippen molar-refractivity contribution in [3.8, 4) is 0 Å². The lowest BCUT2D eigenvalue weighted by atomic mass is 10.2. The van der Waals surface area contributed by atoms with Crippen molar-refractivity contribution in [2.45, 2.75) is 32.9 Å². The summed E-state index contributed by atoms with van der Waals surface area (Å²) in [5.41, 5.74) is 2.84. The summed E-state index contributed by atoms with van der Waals surface area (Å²) in [5.74, 6) is 0.0318. The number of aromatic nitrogens is 3. The molecular weight excluding hydrogens is 328 g/mol. The number of nitrogens with one attached hydrogen (secondary N) is 1. The summed E-state index contributed by atoms with van der Waals surface area (Å²) in [6.45, 7) is 4.02. The zero-order valence-corrected chi connectivity index (χ0v) is 14.5. The van der Waals surface area contributed by atoms with Crippen LogP contribution < -0.4 is 5.32 Å². The average Bonchev–Trinajstić information content (AvgIpc) is 3.07. The van der Waals surface area contributed by atoms with Gasteiger partial charge in [0.15, 0.2) is 9.84 Å². The van der Waals surface area contributed by atoms with E-state index in [1.807, 2.05) is 25.1 Å². The molecule has 3 rings (SSSR count). The quantitative estimate of drug-likeness (QED) is 0.895. The Hall–Kier alpha value is -2.22. The second kappa shape index (κ2) is 6.35. The molecule has 0 unspecified atom stereocenters. The summed E-state index contributed by atoms with van der Waals surface area (Å²) < 4.78 is 24.9. The number of carbonyl (C=O) groups is 1. The van der Waals surface area contributed by atoms with E-state index in [1.165, 1.54) is 6.20 Å². The zero-order valence-electron chi connectivity index (χ0n) is 13.7. The molecule has 1 aliphatic rings. The second-order valence-corrected chi connectivity index (χ2v) is 8.33. The van der Waals surface area contributed by atoms with Gasteiger partial charge in [-0.3, -0.25) is 14.5 Å². The molecule has 0 bridgehead atoms. The van der Waals surface area contributed by atoms with Crippen LogP contribution in [0.1, 0.15) is 39.9 Å². The first kappa shape index (κ1) is 16.6. The molecule has 1 aliphatic heterocycles. The van der Waals surface area contributed by atoms with E-state index in [1.54, 1.807) is 11.6 Å². The average molecular weight is 348 g/mol. The van der Waals surface area contributed by atoms with Crippen molar-refractivity contribution in [1.82, 2.24) is 20.1 Å². The van der Waals surface area contributed by atoms with Gasteiger partial charge < -0.3 is 5.32 Å². The SMILES string of the molecule is Cc1cccc(CNC(=O)c2cnn([C@@H]3CCS(=O)(=O)C3)c2C)n1. The monoisotopic (exact) mass is 348 g/mol. The zero-order chi connectivity index (χ0) is 17.3. The van der Waals surface area contributed by atoms with Gasteiger partial charge in [-0.2, -0.15) is 5.10 Å². The highest BCUT2D eigenvalue weighted by Crippen LogP contribution is 2.25. The summed E-state index contributed by atoms with van der Waals surface area (Å²) in [6, 6.07) is 5.46. The maximum atomic E-state index is 12.4.